The van der Waals surface area contributed by atoms with E-state index in [1.807, 2.05) is 0 Å². The Kier molecular flexibility index (Phi) is 3.44. The molecule has 0 aliphatic carbocycles. The maximum atomic E-state index is 5.42. The second kappa shape index (κ2) is 4.67. The maximum Gasteiger partial charge on any atom is 0.202 e. The first-order valence-electron chi connectivity index (χ1n) is 5.74. The first-order chi connectivity index (χ1) is 7.55. The van der Waals surface area contributed by atoms with Gasteiger partial charge in [0.25, 0.3) is 0 Å². The van der Waals surface area contributed by atoms with Gasteiger partial charge in [-0.1, -0.05) is 20.8 Å². The van der Waals surface area contributed by atoms with E-state index in [4.69, 9.17) is 4.74 Å². The molecule has 5 heteroatoms. The number of nitrogens with zero attached hydrogens (tertiary/aromatic N) is 2. The predicted octanol–water partition coefficient (Wildman–Crippen LogP) is 2.43. The van der Waals surface area contributed by atoms with Crippen LogP contribution in [0.5, 0.6) is 0 Å². The number of ether oxygens (including phenoxy) is 1. The van der Waals surface area contributed by atoms with Gasteiger partial charge in [-0.25, -0.2) is 4.98 Å². The van der Waals surface area contributed by atoms with Gasteiger partial charge in [-0.3, -0.25) is 0 Å². The molecule has 2 rings (SSSR count). The Morgan fingerprint density at radius 3 is 2.81 bits per heavy atom. The van der Waals surface area contributed by atoms with E-state index < -0.39 is 0 Å². The topological polar surface area (TPSA) is 47.0 Å². The molecule has 0 saturated carbocycles. The van der Waals surface area contributed by atoms with Crippen molar-refractivity contribution in [1.82, 2.24) is 9.36 Å². The van der Waals surface area contributed by atoms with Crippen molar-refractivity contribution in [2.75, 3.05) is 18.5 Å². The van der Waals surface area contributed by atoms with Crippen molar-refractivity contribution in [2.24, 2.45) is 0 Å². The van der Waals surface area contributed by atoms with Crippen molar-refractivity contribution in [2.45, 2.75) is 45.1 Å². The van der Waals surface area contributed by atoms with Crippen molar-refractivity contribution >= 4 is 16.7 Å². The van der Waals surface area contributed by atoms with Crippen LogP contribution in [0.2, 0.25) is 0 Å². The van der Waals surface area contributed by atoms with Crippen LogP contribution in [-0.2, 0) is 10.2 Å². The lowest BCUT2D eigenvalue weighted by Gasteiger charge is -2.22. The zero-order valence-electron chi connectivity index (χ0n) is 10.1. The zero-order valence-corrected chi connectivity index (χ0v) is 10.9. The number of hydrogen-bond acceptors (Lipinski definition) is 5. The van der Waals surface area contributed by atoms with E-state index in [1.54, 1.807) is 0 Å². The van der Waals surface area contributed by atoms with Gasteiger partial charge in [0, 0.05) is 23.6 Å². The van der Waals surface area contributed by atoms with Crippen LogP contribution in [0.4, 0.5) is 5.13 Å². The average molecular weight is 241 g/mol. The lowest BCUT2D eigenvalue weighted by molar-refractivity contribution is 0.0876. The standard InChI is InChI=1S/C11H19N3OS/c1-11(2,3)9-13-10(16-14-9)12-8-5-4-6-15-7-8/h8H,4-7H2,1-3H3,(H,12,13,14). The molecule has 1 fully saturated rings. The molecule has 0 amide bonds. The molecule has 1 aromatic rings. The summed E-state index contributed by atoms with van der Waals surface area (Å²) in [5.74, 6) is 0.914. The van der Waals surface area contributed by atoms with E-state index in [0.717, 1.165) is 37.0 Å². The molecule has 0 radical (unpaired) electrons. The fraction of sp³-hybridized carbons (Fsp3) is 0.818. The Morgan fingerprint density at radius 2 is 2.25 bits per heavy atom. The third kappa shape index (κ3) is 2.92. The summed E-state index contributed by atoms with van der Waals surface area (Å²) >= 11 is 1.44. The van der Waals surface area contributed by atoms with Crippen molar-refractivity contribution in [3.63, 3.8) is 0 Å². The summed E-state index contributed by atoms with van der Waals surface area (Å²) in [6.07, 6.45) is 2.28. The Hall–Kier alpha value is -0.680. The van der Waals surface area contributed by atoms with Gasteiger partial charge in [0.1, 0.15) is 5.82 Å². The number of anilines is 1. The van der Waals surface area contributed by atoms with Crippen molar-refractivity contribution in [1.29, 1.82) is 0 Å². The summed E-state index contributed by atoms with van der Waals surface area (Å²) in [5.41, 5.74) is 0.0273. The van der Waals surface area contributed by atoms with E-state index in [1.165, 1.54) is 11.5 Å². The highest BCUT2D eigenvalue weighted by Gasteiger charge is 2.21. The van der Waals surface area contributed by atoms with Crippen LogP contribution in [0.25, 0.3) is 0 Å². The molecule has 0 spiro atoms. The first kappa shape index (κ1) is 11.8. The van der Waals surface area contributed by atoms with E-state index in [9.17, 15) is 0 Å². The summed E-state index contributed by atoms with van der Waals surface area (Å²) in [4.78, 5) is 4.52. The average Bonchev–Trinajstić information content (AvgIpc) is 2.67. The largest absolute Gasteiger partial charge is 0.379 e. The van der Waals surface area contributed by atoms with Crippen LogP contribution in [-0.4, -0.2) is 28.6 Å². The van der Waals surface area contributed by atoms with Gasteiger partial charge < -0.3 is 10.1 Å². The molecule has 2 heterocycles. The smallest absolute Gasteiger partial charge is 0.202 e. The van der Waals surface area contributed by atoms with E-state index in [-0.39, 0.29) is 5.41 Å². The van der Waals surface area contributed by atoms with E-state index in [2.05, 4.69) is 35.4 Å². The van der Waals surface area contributed by atoms with Crippen LogP contribution in [0.15, 0.2) is 0 Å². The molecule has 1 aliphatic heterocycles. The first-order valence-corrected chi connectivity index (χ1v) is 6.51. The Balaban J connectivity index is 1.97. The predicted molar refractivity (Wildman–Crippen MR) is 66.1 cm³/mol. The second-order valence-electron chi connectivity index (χ2n) is 5.23. The number of nitrogens with one attached hydrogen (secondary N) is 1. The highest BCUT2D eigenvalue weighted by molar-refractivity contribution is 7.09. The normalized spacial score (nSPS) is 22.1. The highest BCUT2D eigenvalue weighted by Crippen LogP contribution is 2.24. The molecular weight excluding hydrogens is 222 g/mol. The van der Waals surface area contributed by atoms with Crippen LogP contribution in [0, 0.1) is 0 Å². The molecule has 1 unspecified atom stereocenters. The van der Waals surface area contributed by atoms with Gasteiger partial charge in [-0.2, -0.15) is 4.37 Å². The molecule has 1 aromatic heterocycles. The summed E-state index contributed by atoms with van der Waals surface area (Å²) in [5, 5.41) is 4.31. The molecule has 1 atom stereocenters. The molecule has 1 saturated heterocycles. The molecule has 1 N–H and O–H groups in total. The van der Waals surface area contributed by atoms with Crippen LogP contribution in [0.1, 0.15) is 39.4 Å². The van der Waals surface area contributed by atoms with Gasteiger partial charge in [-0.05, 0) is 12.8 Å². The fourth-order valence-corrected chi connectivity index (χ4v) is 2.45. The Morgan fingerprint density at radius 1 is 1.44 bits per heavy atom. The molecule has 0 bridgehead atoms. The number of hydrogen-bond donors (Lipinski definition) is 1. The van der Waals surface area contributed by atoms with Crippen LogP contribution < -0.4 is 5.32 Å². The summed E-state index contributed by atoms with van der Waals surface area (Å²) in [7, 11) is 0. The molecular formula is C11H19N3OS. The molecule has 90 valence electrons. The molecule has 4 nitrogen and oxygen atoms in total. The minimum atomic E-state index is 0.0273. The second-order valence-corrected chi connectivity index (χ2v) is 5.98. The third-order valence-corrected chi connectivity index (χ3v) is 3.23. The number of aromatic nitrogens is 2. The zero-order chi connectivity index (χ0) is 11.6. The minimum absolute atomic E-state index is 0.0273. The SMILES string of the molecule is CC(C)(C)c1nsc(NC2CCCOC2)n1. The third-order valence-electron chi connectivity index (χ3n) is 2.58. The van der Waals surface area contributed by atoms with E-state index in [0.29, 0.717) is 6.04 Å². The molecule has 1 aliphatic rings. The Labute approximate surface area is 101 Å². The van der Waals surface area contributed by atoms with Gasteiger partial charge in [0.15, 0.2) is 0 Å². The van der Waals surface area contributed by atoms with Crippen molar-refractivity contribution in [3.05, 3.63) is 5.82 Å². The van der Waals surface area contributed by atoms with E-state index >= 15 is 0 Å². The summed E-state index contributed by atoms with van der Waals surface area (Å²) in [6, 6.07) is 0.398. The molecule has 16 heavy (non-hydrogen) atoms. The lowest BCUT2D eigenvalue weighted by Crippen LogP contribution is -2.29. The van der Waals surface area contributed by atoms with Gasteiger partial charge in [0.2, 0.25) is 5.13 Å². The highest BCUT2D eigenvalue weighted by atomic mass is 32.1. The maximum absolute atomic E-state index is 5.42. The van der Waals surface area contributed by atoms with Gasteiger partial charge in [0.05, 0.1) is 12.6 Å². The van der Waals surface area contributed by atoms with Crippen LogP contribution >= 0.6 is 11.5 Å². The monoisotopic (exact) mass is 241 g/mol. The fourth-order valence-electron chi connectivity index (χ4n) is 1.62. The quantitative estimate of drug-likeness (QED) is 0.864. The number of rotatable bonds is 2. The van der Waals surface area contributed by atoms with Gasteiger partial charge >= 0.3 is 0 Å². The van der Waals surface area contributed by atoms with Gasteiger partial charge in [-0.15, -0.1) is 0 Å². The van der Waals surface area contributed by atoms with Crippen LogP contribution in [0.3, 0.4) is 0 Å². The van der Waals surface area contributed by atoms with Crippen molar-refractivity contribution < 1.29 is 4.74 Å². The summed E-state index contributed by atoms with van der Waals surface area (Å²) in [6.45, 7) is 8.06. The van der Waals surface area contributed by atoms with Crippen molar-refractivity contribution in [3.8, 4) is 0 Å². The lowest BCUT2D eigenvalue weighted by atomic mass is 9.96. The minimum Gasteiger partial charge on any atom is -0.379 e. The molecule has 0 aromatic carbocycles. The summed E-state index contributed by atoms with van der Waals surface area (Å²) < 4.78 is 9.80. The Bertz CT molecular complexity index is 339.